The normalized spacial score (nSPS) is 52.2. The van der Waals surface area contributed by atoms with E-state index in [1.165, 1.54) is 0 Å². The van der Waals surface area contributed by atoms with Crippen LogP contribution in [0.1, 0.15) is 13.3 Å². The summed E-state index contributed by atoms with van der Waals surface area (Å²) in [4.78, 5) is 0. The quantitative estimate of drug-likeness (QED) is 0.393. The van der Waals surface area contributed by atoms with E-state index in [2.05, 4.69) is 11.6 Å². The van der Waals surface area contributed by atoms with Crippen molar-refractivity contribution >= 4 is 11.6 Å². The van der Waals surface area contributed by atoms with Crippen molar-refractivity contribution in [1.82, 2.24) is 0 Å². The lowest BCUT2D eigenvalue weighted by molar-refractivity contribution is -0.253. The fourth-order valence-corrected chi connectivity index (χ4v) is 1.05. The Labute approximate surface area is 60.2 Å². The summed E-state index contributed by atoms with van der Waals surface area (Å²) in [6, 6.07) is 0. The second kappa shape index (κ2) is 1.60. The molecular weight excluding hydrogens is 172 g/mol. The van der Waals surface area contributed by atoms with E-state index in [0.717, 1.165) is 6.92 Å². The van der Waals surface area contributed by atoms with Gasteiger partial charge in [0.1, 0.15) is 0 Å². The molecule has 0 nitrogen and oxygen atoms in total. The van der Waals surface area contributed by atoms with Crippen LogP contribution in [-0.2, 0) is 0 Å². The minimum absolute atomic E-state index is 0.720. The maximum atomic E-state index is 12.5. The maximum Gasteiger partial charge on any atom is 0.301 e. The van der Waals surface area contributed by atoms with Crippen LogP contribution in [0.3, 0.4) is 0 Å². The fourth-order valence-electron chi connectivity index (χ4n) is 0.914. The Bertz CT molecular complexity index is 147. The van der Waals surface area contributed by atoms with Gasteiger partial charge in [0.05, 0.1) is 6.42 Å². The van der Waals surface area contributed by atoms with Crippen LogP contribution >= 0.6 is 11.6 Å². The number of hydrogen-bond acceptors (Lipinski definition) is 0. The van der Waals surface area contributed by atoms with Crippen molar-refractivity contribution < 1.29 is 17.6 Å². The molecular formula is C5H5ClF4. The van der Waals surface area contributed by atoms with E-state index < -0.39 is 23.1 Å². The molecule has 5 heteroatoms. The Hall–Kier alpha value is 0.01000. The lowest BCUT2D eigenvalue weighted by Gasteiger charge is -2.48. The molecule has 2 atom stereocenters. The Morgan fingerprint density at radius 2 is 1.60 bits per heavy atom. The molecule has 10 heavy (non-hydrogen) atoms. The monoisotopic (exact) mass is 176 g/mol. The van der Waals surface area contributed by atoms with Crippen molar-refractivity contribution in [2.24, 2.45) is 0 Å². The standard InChI is InChI=1S/C5H5ClF4/c1-3(7)2-4(8,9)5(3,6)10/h2H2,1H3. The van der Waals surface area contributed by atoms with E-state index in [0.29, 0.717) is 0 Å². The first-order chi connectivity index (χ1) is 4.21. The molecule has 1 aliphatic carbocycles. The predicted molar refractivity (Wildman–Crippen MR) is 28.8 cm³/mol. The van der Waals surface area contributed by atoms with Crippen LogP contribution in [0, 0.1) is 0 Å². The van der Waals surface area contributed by atoms with Gasteiger partial charge in [-0.1, -0.05) is 11.6 Å². The number of halogens is 5. The molecule has 0 heterocycles. The summed E-state index contributed by atoms with van der Waals surface area (Å²) >= 11 is 4.60. The van der Waals surface area contributed by atoms with Crippen molar-refractivity contribution in [2.75, 3.05) is 0 Å². The summed E-state index contributed by atoms with van der Waals surface area (Å²) in [5, 5.41) is -3.51. The van der Waals surface area contributed by atoms with E-state index in [1.807, 2.05) is 0 Å². The van der Waals surface area contributed by atoms with Gasteiger partial charge in [0.15, 0.2) is 5.67 Å². The lowest BCUT2D eigenvalue weighted by Crippen LogP contribution is -2.67. The van der Waals surface area contributed by atoms with Gasteiger partial charge in [-0.15, -0.1) is 0 Å². The van der Waals surface area contributed by atoms with Crippen LogP contribution in [0.25, 0.3) is 0 Å². The first-order valence-corrected chi connectivity index (χ1v) is 3.03. The number of alkyl halides is 5. The van der Waals surface area contributed by atoms with Gasteiger partial charge in [0, 0.05) is 0 Å². The Morgan fingerprint density at radius 1 is 1.20 bits per heavy atom. The molecule has 0 radical (unpaired) electrons. The average molecular weight is 177 g/mol. The van der Waals surface area contributed by atoms with Crippen molar-refractivity contribution in [3.8, 4) is 0 Å². The van der Waals surface area contributed by atoms with Gasteiger partial charge in [-0.05, 0) is 6.92 Å². The summed E-state index contributed by atoms with van der Waals surface area (Å²) < 4.78 is 49.0. The smallest absolute Gasteiger partial charge is 0.239 e. The van der Waals surface area contributed by atoms with E-state index in [1.54, 1.807) is 0 Å². The Balaban J connectivity index is 2.85. The summed E-state index contributed by atoms with van der Waals surface area (Å²) in [5.74, 6) is -3.72. The highest BCUT2D eigenvalue weighted by molar-refractivity contribution is 6.25. The Kier molecular flexibility index (Phi) is 1.30. The summed E-state index contributed by atoms with van der Waals surface area (Å²) in [6.07, 6.45) is -1.14. The second-order valence-electron chi connectivity index (χ2n) is 2.65. The van der Waals surface area contributed by atoms with Crippen LogP contribution in [0.5, 0.6) is 0 Å². The molecule has 0 bridgehead atoms. The van der Waals surface area contributed by atoms with Crippen LogP contribution < -0.4 is 0 Å². The van der Waals surface area contributed by atoms with Gasteiger partial charge in [0.25, 0.3) is 5.13 Å². The van der Waals surface area contributed by atoms with Gasteiger partial charge in [0.2, 0.25) is 0 Å². The van der Waals surface area contributed by atoms with Crippen LogP contribution in [0.4, 0.5) is 17.6 Å². The fraction of sp³-hybridized carbons (Fsp3) is 1.00. The molecule has 0 amide bonds. The van der Waals surface area contributed by atoms with Gasteiger partial charge in [-0.2, -0.15) is 0 Å². The van der Waals surface area contributed by atoms with Crippen molar-refractivity contribution in [3.05, 3.63) is 0 Å². The third-order valence-electron chi connectivity index (χ3n) is 1.67. The van der Waals surface area contributed by atoms with E-state index >= 15 is 0 Å². The number of hydrogen-bond donors (Lipinski definition) is 0. The zero-order valence-electron chi connectivity index (χ0n) is 5.10. The van der Waals surface area contributed by atoms with Crippen LogP contribution in [0.2, 0.25) is 0 Å². The van der Waals surface area contributed by atoms with Crippen LogP contribution in [-0.4, -0.2) is 16.7 Å². The summed E-state index contributed by atoms with van der Waals surface area (Å²) in [7, 11) is 0. The third kappa shape index (κ3) is 0.683. The molecule has 1 saturated carbocycles. The predicted octanol–water partition coefficient (Wildman–Crippen LogP) is 2.66. The highest BCUT2D eigenvalue weighted by atomic mass is 35.5. The first-order valence-electron chi connectivity index (χ1n) is 2.65. The van der Waals surface area contributed by atoms with E-state index in [-0.39, 0.29) is 0 Å². The second-order valence-corrected chi connectivity index (χ2v) is 3.17. The largest absolute Gasteiger partial charge is 0.301 e. The van der Waals surface area contributed by atoms with Crippen molar-refractivity contribution in [3.63, 3.8) is 0 Å². The molecule has 0 saturated heterocycles. The van der Waals surface area contributed by atoms with Gasteiger partial charge < -0.3 is 0 Å². The topological polar surface area (TPSA) is 0 Å². The third-order valence-corrected chi connectivity index (χ3v) is 2.34. The Morgan fingerprint density at radius 3 is 1.60 bits per heavy atom. The van der Waals surface area contributed by atoms with Gasteiger partial charge >= 0.3 is 5.92 Å². The van der Waals surface area contributed by atoms with E-state index in [9.17, 15) is 17.6 Å². The molecule has 1 rings (SSSR count). The molecule has 0 aromatic carbocycles. The molecule has 1 fully saturated rings. The average Bonchev–Trinajstić information content (AvgIpc) is 1.61. The molecule has 0 spiro atoms. The maximum absolute atomic E-state index is 12.5. The molecule has 0 N–H and O–H groups in total. The first kappa shape index (κ1) is 8.11. The molecule has 60 valence electrons. The highest BCUT2D eigenvalue weighted by Crippen LogP contribution is 2.60. The van der Waals surface area contributed by atoms with Gasteiger partial charge in [-0.3, -0.25) is 0 Å². The van der Waals surface area contributed by atoms with Crippen LogP contribution in [0.15, 0.2) is 0 Å². The van der Waals surface area contributed by atoms with Gasteiger partial charge in [-0.25, -0.2) is 17.6 Å². The molecule has 1 aliphatic rings. The summed E-state index contributed by atoms with van der Waals surface area (Å²) in [6.45, 7) is 0.720. The SMILES string of the molecule is CC1(F)CC(F)(F)C1(F)Cl. The molecule has 0 aliphatic heterocycles. The highest BCUT2D eigenvalue weighted by Gasteiger charge is 2.77. The zero-order chi connectivity index (χ0) is 8.21. The van der Waals surface area contributed by atoms with Crippen molar-refractivity contribution in [1.29, 1.82) is 0 Å². The number of rotatable bonds is 0. The molecule has 0 aromatic heterocycles. The minimum atomic E-state index is -3.72. The van der Waals surface area contributed by atoms with Crippen molar-refractivity contribution in [2.45, 2.75) is 30.1 Å². The minimum Gasteiger partial charge on any atom is -0.239 e. The lowest BCUT2D eigenvalue weighted by atomic mass is 9.77. The van der Waals surface area contributed by atoms with E-state index in [4.69, 9.17) is 0 Å². The molecule has 2 unspecified atom stereocenters. The summed E-state index contributed by atoms with van der Waals surface area (Å²) in [5.41, 5.74) is -2.60. The zero-order valence-corrected chi connectivity index (χ0v) is 5.85. The molecule has 0 aromatic rings.